The van der Waals surface area contributed by atoms with Crippen molar-refractivity contribution in [2.45, 2.75) is 46.2 Å². The zero-order chi connectivity index (χ0) is 11.1. The van der Waals surface area contributed by atoms with Crippen LogP contribution in [0, 0.1) is 5.92 Å². The molecule has 0 saturated heterocycles. The van der Waals surface area contributed by atoms with E-state index in [0.29, 0.717) is 5.92 Å². The molecule has 0 N–H and O–H groups in total. The molecule has 0 aromatic carbocycles. The molecule has 1 aliphatic rings. The van der Waals surface area contributed by atoms with Gasteiger partial charge in [-0.3, -0.25) is 0 Å². The highest BCUT2D eigenvalue weighted by Gasteiger charge is 2.33. The van der Waals surface area contributed by atoms with Crippen LogP contribution in [-0.2, 0) is 0 Å². The Labute approximate surface area is 91.1 Å². The maximum absolute atomic E-state index is 2.48. The molecule has 0 bridgehead atoms. The summed E-state index contributed by atoms with van der Waals surface area (Å²) < 4.78 is 0. The lowest BCUT2D eigenvalue weighted by molar-refractivity contribution is 0.922. The lowest BCUT2D eigenvalue weighted by Crippen LogP contribution is -2.33. The summed E-state index contributed by atoms with van der Waals surface area (Å²) in [5, 5.41) is 3.56. The Hall–Kier alpha value is -0.0862. The Bertz CT molecular complexity index is 284. The van der Waals surface area contributed by atoms with E-state index in [9.17, 15) is 0 Å². The summed E-state index contributed by atoms with van der Waals surface area (Å²) in [6, 6.07) is 0. The molecular weight excluding hydrogens is 200 g/mol. The van der Waals surface area contributed by atoms with Crippen LogP contribution in [0.1, 0.15) is 6.92 Å². The van der Waals surface area contributed by atoms with Crippen LogP contribution in [0.5, 0.6) is 0 Å². The third kappa shape index (κ3) is 2.29. The lowest BCUT2D eigenvalue weighted by atomic mass is 10.2. The van der Waals surface area contributed by atoms with Gasteiger partial charge in [0, 0.05) is 0 Å². The minimum absolute atomic E-state index is 0.711. The highest BCUT2D eigenvalue weighted by molar-refractivity contribution is 6.90. The number of hydrogen-bond acceptors (Lipinski definition) is 0. The first-order valence-electron chi connectivity index (χ1n) is 5.57. The average molecular weight is 224 g/mol. The summed E-state index contributed by atoms with van der Waals surface area (Å²) in [6.45, 7) is 17.2. The minimum Gasteiger partial charge on any atom is -0.0781 e. The van der Waals surface area contributed by atoms with Crippen molar-refractivity contribution in [3.05, 3.63) is 22.5 Å². The Morgan fingerprint density at radius 3 is 1.71 bits per heavy atom. The monoisotopic (exact) mass is 224 g/mol. The Kier molecular flexibility index (Phi) is 2.99. The molecule has 0 aliphatic heterocycles. The minimum atomic E-state index is -1.11. The summed E-state index contributed by atoms with van der Waals surface area (Å²) >= 11 is 0. The van der Waals surface area contributed by atoms with E-state index in [2.05, 4.69) is 58.4 Å². The van der Waals surface area contributed by atoms with E-state index in [1.807, 2.05) is 5.20 Å². The first-order valence-corrected chi connectivity index (χ1v) is 12.6. The van der Waals surface area contributed by atoms with Gasteiger partial charge in [0.2, 0.25) is 0 Å². The fraction of sp³-hybridized carbons (Fsp3) is 0.667. The normalized spacial score (nSPS) is 23.5. The molecule has 1 aliphatic carbocycles. The Morgan fingerprint density at radius 1 is 0.929 bits per heavy atom. The van der Waals surface area contributed by atoms with Crippen LogP contribution in [0.2, 0.25) is 39.3 Å². The standard InChI is InChI=1S/C12H24Si2/c1-10-8-9-11(13(2,3)4)12(10)14(5,6)7/h8-10H,1-7H3. The molecule has 0 heterocycles. The largest absolute Gasteiger partial charge is 0.0781 e. The molecule has 1 rings (SSSR count). The highest BCUT2D eigenvalue weighted by Crippen LogP contribution is 2.36. The molecule has 0 saturated carbocycles. The van der Waals surface area contributed by atoms with E-state index in [4.69, 9.17) is 0 Å². The highest BCUT2D eigenvalue weighted by atomic mass is 28.3. The molecule has 0 aromatic rings. The predicted molar refractivity (Wildman–Crippen MR) is 72.0 cm³/mol. The number of hydrogen-bond donors (Lipinski definition) is 0. The number of allylic oxidation sites excluding steroid dienone is 4. The second-order valence-electron chi connectivity index (χ2n) is 6.48. The van der Waals surface area contributed by atoms with Crippen LogP contribution in [0.4, 0.5) is 0 Å². The van der Waals surface area contributed by atoms with Crippen LogP contribution < -0.4 is 0 Å². The lowest BCUT2D eigenvalue weighted by Gasteiger charge is -2.29. The Morgan fingerprint density at radius 2 is 1.43 bits per heavy atom. The zero-order valence-electron chi connectivity index (χ0n) is 10.7. The van der Waals surface area contributed by atoms with Crippen molar-refractivity contribution < 1.29 is 0 Å². The smallest absolute Gasteiger partial charge is 0.0770 e. The van der Waals surface area contributed by atoms with E-state index in [1.165, 1.54) is 0 Å². The van der Waals surface area contributed by atoms with Crippen molar-refractivity contribution in [1.29, 1.82) is 0 Å². The van der Waals surface area contributed by atoms with E-state index in [0.717, 1.165) is 0 Å². The molecule has 0 amide bonds. The molecule has 0 fully saturated rings. The average Bonchev–Trinajstić information content (AvgIpc) is 2.27. The first-order chi connectivity index (χ1) is 6.14. The van der Waals surface area contributed by atoms with Crippen molar-refractivity contribution in [2.24, 2.45) is 5.92 Å². The van der Waals surface area contributed by atoms with Gasteiger partial charge >= 0.3 is 0 Å². The summed E-state index contributed by atoms with van der Waals surface area (Å²) in [5.74, 6) is 0.711. The summed E-state index contributed by atoms with van der Waals surface area (Å²) in [4.78, 5) is 0. The number of rotatable bonds is 2. The van der Waals surface area contributed by atoms with E-state index >= 15 is 0 Å². The second kappa shape index (κ2) is 3.49. The van der Waals surface area contributed by atoms with Gasteiger partial charge in [0.1, 0.15) is 0 Å². The summed E-state index contributed by atoms with van der Waals surface area (Å²) in [5.41, 5.74) is 0. The third-order valence-corrected chi connectivity index (χ3v) is 7.56. The van der Waals surface area contributed by atoms with Crippen molar-refractivity contribution in [3.8, 4) is 0 Å². The van der Waals surface area contributed by atoms with Crippen LogP contribution >= 0.6 is 0 Å². The van der Waals surface area contributed by atoms with E-state index < -0.39 is 16.1 Å². The fourth-order valence-corrected chi connectivity index (χ4v) is 8.65. The van der Waals surface area contributed by atoms with Gasteiger partial charge in [0.25, 0.3) is 0 Å². The van der Waals surface area contributed by atoms with Gasteiger partial charge in [0.05, 0.1) is 16.1 Å². The van der Waals surface area contributed by atoms with Gasteiger partial charge in [-0.05, 0) is 5.92 Å². The van der Waals surface area contributed by atoms with Crippen LogP contribution in [-0.4, -0.2) is 16.1 Å². The van der Waals surface area contributed by atoms with Gasteiger partial charge in [-0.25, -0.2) is 0 Å². The quantitative estimate of drug-likeness (QED) is 0.615. The van der Waals surface area contributed by atoms with E-state index in [-0.39, 0.29) is 0 Å². The molecular formula is C12H24Si2. The SMILES string of the molecule is CC1C=CC([Si](C)(C)C)=C1[Si](C)(C)C. The van der Waals surface area contributed by atoms with Gasteiger partial charge in [0.15, 0.2) is 0 Å². The molecule has 0 radical (unpaired) electrons. The van der Waals surface area contributed by atoms with Crippen LogP contribution in [0.3, 0.4) is 0 Å². The maximum atomic E-state index is 2.48. The maximum Gasteiger partial charge on any atom is 0.0770 e. The molecule has 0 nitrogen and oxygen atoms in total. The van der Waals surface area contributed by atoms with Crippen molar-refractivity contribution in [2.75, 3.05) is 0 Å². The first kappa shape index (κ1) is 12.0. The van der Waals surface area contributed by atoms with Gasteiger partial charge < -0.3 is 0 Å². The fourth-order valence-electron chi connectivity index (χ4n) is 2.41. The Balaban J connectivity index is 3.22. The molecule has 14 heavy (non-hydrogen) atoms. The molecule has 2 heteroatoms. The summed E-state index contributed by atoms with van der Waals surface area (Å²) in [7, 11) is -2.22. The van der Waals surface area contributed by atoms with Gasteiger partial charge in [-0.15, -0.1) is 0 Å². The summed E-state index contributed by atoms with van der Waals surface area (Å²) in [6.07, 6.45) is 4.83. The topological polar surface area (TPSA) is 0 Å². The second-order valence-corrected chi connectivity index (χ2v) is 16.6. The van der Waals surface area contributed by atoms with Crippen LogP contribution in [0.15, 0.2) is 22.5 Å². The molecule has 1 unspecified atom stereocenters. The molecule has 0 aromatic heterocycles. The van der Waals surface area contributed by atoms with Gasteiger partial charge in [-0.1, -0.05) is 68.8 Å². The van der Waals surface area contributed by atoms with Crippen molar-refractivity contribution in [3.63, 3.8) is 0 Å². The van der Waals surface area contributed by atoms with Crippen molar-refractivity contribution >= 4 is 16.1 Å². The molecule has 80 valence electrons. The predicted octanol–water partition coefficient (Wildman–Crippen LogP) is 4.24. The molecule has 1 atom stereocenters. The van der Waals surface area contributed by atoms with E-state index in [1.54, 1.807) is 5.20 Å². The van der Waals surface area contributed by atoms with Gasteiger partial charge in [-0.2, -0.15) is 0 Å². The van der Waals surface area contributed by atoms with Crippen molar-refractivity contribution in [1.82, 2.24) is 0 Å². The zero-order valence-corrected chi connectivity index (χ0v) is 12.7. The van der Waals surface area contributed by atoms with Crippen LogP contribution in [0.25, 0.3) is 0 Å². The third-order valence-electron chi connectivity index (χ3n) is 2.91. The molecule has 0 spiro atoms.